The number of nitrogens with zero attached hydrogens (tertiary/aromatic N) is 4. The lowest BCUT2D eigenvalue weighted by Crippen LogP contribution is -2.31. The van der Waals surface area contributed by atoms with E-state index < -0.39 is 0 Å². The van der Waals surface area contributed by atoms with Crippen LogP contribution in [-0.4, -0.2) is 26.0 Å². The van der Waals surface area contributed by atoms with Gasteiger partial charge in [-0.3, -0.25) is 0 Å². The second-order valence-electron chi connectivity index (χ2n) is 3.44. The van der Waals surface area contributed by atoms with Gasteiger partial charge >= 0.3 is 0 Å². The molecule has 0 N–H and O–H groups in total. The molecule has 2 aromatic rings. The molecule has 0 radical (unpaired) electrons. The standard InChI is InChI=1S/C10H10N4O2/c1-7-15-9(16-7)8-5-13-14(6-8)10-11-3-2-4-12-10/h2-7,9H,1H3. The van der Waals surface area contributed by atoms with Crippen molar-refractivity contribution >= 4 is 0 Å². The fourth-order valence-electron chi connectivity index (χ4n) is 1.49. The van der Waals surface area contributed by atoms with Crippen LogP contribution in [-0.2, 0) is 9.47 Å². The SMILES string of the molecule is CC1OC(c2cnn(-c3ncccn3)c2)O1. The van der Waals surface area contributed by atoms with Crippen LogP contribution in [0.5, 0.6) is 0 Å². The quantitative estimate of drug-likeness (QED) is 0.754. The van der Waals surface area contributed by atoms with Crippen molar-refractivity contribution < 1.29 is 9.47 Å². The Labute approximate surface area is 91.9 Å². The molecule has 1 saturated heterocycles. The molecule has 0 amide bonds. The lowest BCUT2D eigenvalue weighted by atomic mass is 10.3. The first-order valence-electron chi connectivity index (χ1n) is 4.96. The van der Waals surface area contributed by atoms with Gasteiger partial charge in [0.25, 0.3) is 0 Å². The highest BCUT2D eigenvalue weighted by molar-refractivity contribution is 5.15. The van der Waals surface area contributed by atoms with Gasteiger partial charge in [-0.05, 0) is 13.0 Å². The van der Waals surface area contributed by atoms with Crippen LogP contribution >= 0.6 is 0 Å². The molecule has 1 aliphatic rings. The van der Waals surface area contributed by atoms with Gasteiger partial charge in [-0.15, -0.1) is 0 Å². The van der Waals surface area contributed by atoms with E-state index in [-0.39, 0.29) is 12.6 Å². The van der Waals surface area contributed by atoms with Crippen molar-refractivity contribution in [3.63, 3.8) is 0 Å². The lowest BCUT2D eigenvalue weighted by molar-refractivity contribution is -0.382. The minimum atomic E-state index is -0.313. The van der Waals surface area contributed by atoms with E-state index in [1.54, 1.807) is 35.5 Å². The van der Waals surface area contributed by atoms with Crippen LogP contribution in [0.3, 0.4) is 0 Å². The first-order valence-corrected chi connectivity index (χ1v) is 4.96. The molecule has 1 aliphatic heterocycles. The molecule has 0 atom stereocenters. The minimum absolute atomic E-state index is 0.138. The number of hydrogen-bond donors (Lipinski definition) is 0. The van der Waals surface area contributed by atoms with Gasteiger partial charge in [-0.25, -0.2) is 14.6 Å². The van der Waals surface area contributed by atoms with Crippen LogP contribution in [0.1, 0.15) is 18.8 Å². The van der Waals surface area contributed by atoms with Crippen LogP contribution in [0, 0.1) is 0 Å². The van der Waals surface area contributed by atoms with Gasteiger partial charge in [0.2, 0.25) is 5.95 Å². The maximum atomic E-state index is 5.36. The van der Waals surface area contributed by atoms with Crippen LogP contribution in [0.2, 0.25) is 0 Å². The molecule has 0 bridgehead atoms. The summed E-state index contributed by atoms with van der Waals surface area (Å²) < 4.78 is 12.3. The summed E-state index contributed by atoms with van der Waals surface area (Å²) in [5, 5.41) is 4.15. The monoisotopic (exact) mass is 218 g/mol. The first-order chi connectivity index (χ1) is 7.83. The smallest absolute Gasteiger partial charge is 0.250 e. The molecule has 6 heteroatoms. The predicted octanol–water partition coefficient (Wildman–Crippen LogP) is 1.05. The van der Waals surface area contributed by atoms with Crippen molar-refractivity contribution in [1.29, 1.82) is 0 Å². The Balaban J connectivity index is 1.83. The average Bonchev–Trinajstić information content (AvgIpc) is 2.75. The number of ether oxygens (including phenoxy) is 2. The molecule has 0 unspecified atom stereocenters. The zero-order valence-corrected chi connectivity index (χ0v) is 8.65. The second kappa shape index (κ2) is 3.66. The summed E-state index contributed by atoms with van der Waals surface area (Å²) >= 11 is 0. The third-order valence-electron chi connectivity index (χ3n) is 2.26. The lowest BCUT2D eigenvalue weighted by Gasteiger charge is -2.32. The maximum absolute atomic E-state index is 5.36. The van der Waals surface area contributed by atoms with Gasteiger partial charge in [-0.1, -0.05) is 0 Å². The fourth-order valence-corrected chi connectivity index (χ4v) is 1.49. The highest BCUT2D eigenvalue weighted by Gasteiger charge is 2.29. The molecule has 0 aliphatic carbocycles. The molecule has 3 rings (SSSR count). The van der Waals surface area contributed by atoms with Gasteiger partial charge in [0.15, 0.2) is 12.6 Å². The van der Waals surface area contributed by atoms with Gasteiger partial charge < -0.3 is 9.47 Å². The molecule has 0 spiro atoms. The molecule has 82 valence electrons. The van der Waals surface area contributed by atoms with E-state index in [4.69, 9.17) is 9.47 Å². The highest BCUT2D eigenvalue weighted by Crippen LogP contribution is 2.30. The zero-order valence-electron chi connectivity index (χ0n) is 8.65. The van der Waals surface area contributed by atoms with Crippen LogP contribution in [0.25, 0.3) is 5.95 Å². The number of aromatic nitrogens is 4. The summed E-state index contributed by atoms with van der Waals surface area (Å²) in [7, 11) is 0. The van der Waals surface area contributed by atoms with Crippen molar-refractivity contribution in [2.45, 2.75) is 19.5 Å². The largest absolute Gasteiger partial charge is 0.319 e. The Morgan fingerprint density at radius 1 is 1.25 bits per heavy atom. The van der Waals surface area contributed by atoms with Crippen molar-refractivity contribution in [3.8, 4) is 5.95 Å². The van der Waals surface area contributed by atoms with E-state index in [0.29, 0.717) is 5.95 Å². The maximum Gasteiger partial charge on any atom is 0.250 e. The minimum Gasteiger partial charge on any atom is -0.319 e. The van der Waals surface area contributed by atoms with Crippen LogP contribution in [0.15, 0.2) is 30.9 Å². The second-order valence-corrected chi connectivity index (χ2v) is 3.44. The van der Waals surface area contributed by atoms with Gasteiger partial charge in [0.1, 0.15) is 0 Å². The van der Waals surface area contributed by atoms with Crippen LogP contribution in [0.4, 0.5) is 0 Å². The summed E-state index contributed by atoms with van der Waals surface area (Å²) in [5.41, 5.74) is 0.866. The van der Waals surface area contributed by atoms with Crippen molar-refractivity contribution in [3.05, 3.63) is 36.4 Å². The predicted molar refractivity (Wildman–Crippen MR) is 53.5 cm³/mol. The third-order valence-corrected chi connectivity index (χ3v) is 2.26. The Hall–Kier alpha value is -1.79. The molecule has 3 heterocycles. The highest BCUT2D eigenvalue weighted by atomic mass is 16.9. The van der Waals surface area contributed by atoms with E-state index in [1.165, 1.54) is 0 Å². The third kappa shape index (κ3) is 1.58. The average molecular weight is 218 g/mol. The van der Waals surface area contributed by atoms with E-state index >= 15 is 0 Å². The molecule has 6 nitrogen and oxygen atoms in total. The van der Waals surface area contributed by atoms with E-state index in [9.17, 15) is 0 Å². The molecule has 0 saturated carbocycles. The fraction of sp³-hybridized carbons (Fsp3) is 0.300. The molecular formula is C10H10N4O2. The van der Waals surface area contributed by atoms with E-state index in [2.05, 4.69) is 15.1 Å². The summed E-state index contributed by atoms with van der Waals surface area (Å²) in [6.45, 7) is 1.85. The summed E-state index contributed by atoms with van der Waals surface area (Å²) in [5.74, 6) is 0.529. The van der Waals surface area contributed by atoms with Crippen molar-refractivity contribution in [2.24, 2.45) is 0 Å². The normalized spacial score (nSPS) is 24.1. The molecule has 1 fully saturated rings. The number of rotatable bonds is 2. The Morgan fingerprint density at radius 2 is 2.00 bits per heavy atom. The van der Waals surface area contributed by atoms with Gasteiger partial charge in [-0.2, -0.15) is 5.10 Å². The molecular weight excluding hydrogens is 208 g/mol. The Morgan fingerprint density at radius 3 is 2.69 bits per heavy atom. The van der Waals surface area contributed by atoms with E-state index in [0.717, 1.165) is 5.56 Å². The van der Waals surface area contributed by atoms with Gasteiger partial charge in [0.05, 0.1) is 6.20 Å². The van der Waals surface area contributed by atoms with E-state index in [1.807, 2.05) is 6.92 Å². The summed E-state index contributed by atoms with van der Waals surface area (Å²) in [6.07, 6.45) is 6.37. The Bertz CT molecular complexity index is 479. The topological polar surface area (TPSA) is 62.1 Å². The van der Waals surface area contributed by atoms with Crippen molar-refractivity contribution in [1.82, 2.24) is 19.7 Å². The Kier molecular flexibility index (Phi) is 2.16. The molecule has 16 heavy (non-hydrogen) atoms. The summed E-state index contributed by atoms with van der Waals surface area (Å²) in [6, 6.07) is 1.76. The molecule has 2 aromatic heterocycles. The zero-order chi connectivity index (χ0) is 11.0. The van der Waals surface area contributed by atoms with Crippen molar-refractivity contribution in [2.75, 3.05) is 0 Å². The van der Waals surface area contributed by atoms with Crippen LogP contribution < -0.4 is 0 Å². The summed E-state index contributed by atoms with van der Waals surface area (Å²) in [4.78, 5) is 8.18. The van der Waals surface area contributed by atoms with Gasteiger partial charge in [0, 0.05) is 24.2 Å². The molecule has 0 aromatic carbocycles. The first kappa shape index (κ1) is 9.44. The number of hydrogen-bond acceptors (Lipinski definition) is 5.